The number of piperazine rings is 1. The summed E-state index contributed by atoms with van der Waals surface area (Å²) in [4.78, 5) is 28.0. The van der Waals surface area contributed by atoms with E-state index in [0.29, 0.717) is 24.4 Å². The molecule has 2 heterocycles. The molecule has 0 unspecified atom stereocenters. The number of benzene rings is 2. The minimum Gasteiger partial charge on any atom is -0.484 e. The SMILES string of the molecule is O=C(COc1ccc2ccc(=O)oc2c1)N1CCN(C/C=C/c2ccccc2)CC1. The van der Waals surface area contributed by atoms with E-state index in [9.17, 15) is 9.59 Å². The van der Waals surface area contributed by atoms with Gasteiger partial charge in [0.05, 0.1) is 0 Å². The van der Waals surface area contributed by atoms with Gasteiger partial charge in [-0.15, -0.1) is 0 Å². The van der Waals surface area contributed by atoms with E-state index in [4.69, 9.17) is 9.15 Å². The maximum atomic E-state index is 12.5. The van der Waals surface area contributed by atoms with Gasteiger partial charge in [0, 0.05) is 50.2 Å². The number of ether oxygens (including phenoxy) is 1. The van der Waals surface area contributed by atoms with Crippen LogP contribution in [0.5, 0.6) is 5.75 Å². The van der Waals surface area contributed by atoms with Crippen molar-refractivity contribution in [3.63, 3.8) is 0 Å². The number of carbonyl (C=O) groups excluding carboxylic acids is 1. The standard InChI is InChI=1S/C24H24N2O4/c27-23(18-29-21-10-8-20-9-11-24(28)30-22(20)17-21)26-15-13-25(14-16-26)12-4-7-19-5-2-1-3-6-19/h1-11,17H,12-16,18H2/b7-4+. The Morgan fingerprint density at radius 1 is 1.00 bits per heavy atom. The number of fused-ring (bicyclic) bond motifs is 1. The second-order valence-electron chi connectivity index (χ2n) is 7.24. The van der Waals surface area contributed by atoms with Gasteiger partial charge in [0.25, 0.3) is 5.91 Å². The Morgan fingerprint density at radius 3 is 2.57 bits per heavy atom. The van der Waals surface area contributed by atoms with Gasteiger partial charge in [0.2, 0.25) is 0 Å². The number of amides is 1. The van der Waals surface area contributed by atoms with Crippen LogP contribution in [0.15, 0.2) is 76.0 Å². The number of rotatable bonds is 6. The molecular weight excluding hydrogens is 380 g/mol. The molecule has 6 nitrogen and oxygen atoms in total. The first-order chi connectivity index (χ1) is 14.7. The molecule has 1 amide bonds. The van der Waals surface area contributed by atoms with Gasteiger partial charge in [-0.05, 0) is 23.8 Å². The first kappa shape index (κ1) is 19.9. The van der Waals surface area contributed by atoms with Gasteiger partial charge in [-0.3, -0.25) is 9.69 Å². The van der Waals surface area contributed by atoms with E-state index >= 15 is 0 Å². The zero-order chi connectivity index (χ0) is 20.8. The summed E-state index contributed by atoms with van der Waals surface area (Å²) in [6.07, 6.45) is 4.28. The lowest BCUT2D eigenvalue weighted by atomic mass is 10.2. The molecule has 2 aromatic carbocycles. The molecule has 1 saturated heterocycles. The minimum atomic E-state index is -0.410. The molecular formula is C24H24N2O4. The molecule has 0 atom stereocenters. The quantitative estimate of drug-likeness (QED) is 0.591. The summed E-state index contributed by atoms with van der Waals surface area (Å²) in [6.45, 7) is 3.89. The molecule has 3 aromatic rings. The monoisotopic (exact) mass is 404 g/mol. The van der Waals surface area contributed by atoms with Gasteiger partial charge < -0.3 is 14.1 Å². The van der Waals surface area contributed by atoms with E-state index in [-0.39, 0.29) is 12.5 Å². The Kier molecular flexibility index (Phi) is 6.25. The summed E-state index contributed by atoms with van der Waals surface area (Å²) in [5, 5.41) is 0.811. The number of carbonyl (C=O) groups is 1. The average Bonchev–Trinajstić information content (AvgIpc) is 2.78. The van der Waals surface area contributed by atoms with E-state index in [1.807, 2.05) is 23.1 Å². The van der Waals surface area contributed by atoms with Crippen LogP contribution in [-0.2, 0) is 4.79 Å². The van der Waals surface area contributed by atoms with Crippen molar-refractivity contribution in [1.82, 2.24) is 9.80 Å². The summed E-state index contributed by atoms with van der Waals surface area (Å²) in [6, 6.07) is 18.5. The van der Waals surface area contributed by atoms with E-state index in [1.54, 1.807) is 24.3 Å². The highest BCUT2D eigenvalue weighted by atomic mass is 16.5. The number of hydrogen-bond acceptors (Lipinski definition) is 5. The summed E-state index contributed by atoms with van der Waals surface area (Å²) in [7, 11) is 0. The lowest BCUT2D eigenvalue weighted by molar-refractivity contribution is -0.135. The van der Waals surface area contributed by atoms with Crippen molar-refractivity contribution in [3.8, 4) is 5.75 Å². The van der Waals surface area contributed by atoms with Crippen LogP contribution in [0, 0.1) is 0 Å². The fourth-order valence-electron chi connectivity index (χ4n) is 3.45. The van der Waals surface area contributed by atoms with E-state index < -0.39 is 5.63 Å². The van der Waals surface area contributed by atoms with Crippen LogP contribution >= 0.6 is 0 Å². The molecule has 0 N–H and O–H groups in total. The summed E-state index contributed by atoms with van der Waals surface area (Å²) in [5.41, 5.74) is 1.23. The van der Waals surface area contributed by atoms with Crippen LogP contribution in [0.2, 0.25) is 0 Å². The predicted molar refractivity (Wildman–Crippen MR) is 116 cm³/mol. The van der Waals surface area contributed by atoms with Gasteiger partial charge >= 0.3 is 5.63 Å². The van der Waals surface area contributed by atoms with Crippen molar-refractivity contribution in [2.24, 2.45) is 0 Å². The molecule has 0 saturated carbocycles. The third-order valence-corrected chi connectivity index (χ3v) is 5.16. The van der Waals surface area contributed by atoms with Crippen molar-refractivity contribution in [2.75, 3.05) is 39.3 Å². The zero-order valence-electron chi connectivity index (χ0n) is 16.7. The van der Waals surface area contributed by atoms with Gasteiger partial charge in [-0.25, -0.2) is 4.79 Å². The van der Waals surface area contributed by atoms with Crippen LogP contribution in [0.3, 0.4) is 0 Å². The van der Waals surface area contributed by atoms with Gasteiger partial charge in [0.15, 0.2) is 6.61 Å². The lowest BCUT2D eigenvalue weighted by Gasteiger charge is -2.34. The third kappa shape index (κ3) is 5.15. The molecule has 1 fully saturated rings. The summed E-state index contributed by atoms with van der Waals surface area (Å²) in [5.74, 6) is 0.471. The molecule has 1 aromatic heterocycles. The van der Waals surface area contributed by atoms with Gasteiger partial charge in [-0.1, -0.05) is 42.5 Å². The van der Waals surface area contributed by atoms with Crippen molar-refractivity contribution >= 4 is 23.0 Å². The first-order valence-electron chi connectivity index (χ1n) is 10.1. The Balaban J connectivity index is 1.23. The van der Waals surface area contributed by atoms with E-state index in [2.05, 4.69) is 29.2 Å². The van der Waals surface area contributed by atoms with Crippen molar-refractivity contribution in [1.29, 1.82) is 0 Å². The highest BCUT2D eigenvalue weighted by Crippen LogP contribution is 2.19. The molecule has 154 valence electrons. The Hall–Kier alpha value is -3.38. The zero-order valence-corrected chi connectivity index (χ0v) is 16.7. The molecule has 4 rings (SSSR count). The molecule has 30 heavy (non-hydrogen) atoms. The predicted octanol–water partition coefficient (Wildman–Crippen LogP) is 3.03. The molecule has 0 bridgehead atoms. The molecule has 0 aliphatic carbocycles. The van der Waals surface area contributed by atoms with Crippen molar-refractivity contribution < 1.29 is 13.9 Å². The van der Waals surface area contributed by atoms with Crippen molar-refractivity contribution in [2.45, 2.75) is 0 Å². The maximum Gasteiger partial charge on any atom is 0.336 e. The summed E-state index contributed by atoms with van der Waals surface area (Å²) < 4.78 is 10.8. The topological polar surface area (TPSA) is 63.0 Å². The first-order valence-corrected chi connectivity index (χ1v) is 10.1. The minimum absolute atomic E-state index is 0.0313. The Bertz CT molecular complexity index is 1080. The van der Waals surface area contributed by atoms with Crippen LogP contribution in [0.25, 0.3) is 17.0 Å². The third-order valence-electron chi connectivity index (χ3n) is 5.16. The Labute approximate surface area is 175 Å². The molecule has 6 heteroatoms. The molecule has 0 spiro atoms. The molecule has 1 aliphatic rings. The summed E-state index contributed by atoms with van der Waals surface area (Å²) >= 11 is 0. The number of hydrogen-bond donors (Lipinski definition) is 0. The largest absolute Gasteiger partial charge is 0.484 e. The smallest absolute Gasteiger partial charge is 0.336 e. The molecule has 0 radical (unpaired) electrons. The van der Waals surface area contributed by atoms with E-state index in [1.165, 1.54) is 11.6 Å². The van der Waals surface area contributed by atoms with Crippen LogP contribution in [-0.4, -0.2) is 55.0 Å². The fourth-order valence-corrected chi connectivity index (χ4v) is 3.45. The van der Waals surface area contributed by atoms with Crippen molar-refractivity contribution in [3.05, 3.63) is 82.7 Å². The maximum absolute atomic E-state index is 12.5. The molecule has 1 aliphatic heterocycles. The second-order valence-corrected chi connectivity index (χ2v) is 7.24. The fraction of sp³-hybridized carbons (Fsp3) is 0.250. The Morgan fingerprint density at radius 2 is 1.77 bits per heavy atom. The van der Waals surface area contributed by atoms with Crippen LogP contribution < -0.4 is 10.4 Å². The van der Waals surface area contributed by atoms with Crippen LogP contribution in [0.1, 0.15) is 5.56 Å². The second kappa shape index (κ2) is 9.41. The average molecular weight is 404 g/mol. The van der Waals surface area contributed by atoms with Gasteiger partial charge in [-0.2, -0.15) is 0 Å². The lowest BCUT2D eigenvalue weighted by Crippen LogP contribution is -2.49. The number of nitrogens with zero attached hydrogens (tertiary/aromatic N) is 2. The van der Waals surface area contributed by atoms with Gasteiger partial charge in [0.1, 0.15) is 11.3 Å². The van der Waals surface area contributed by atoms with E-state index in [0.717, 1.165) is 25.0 Å². The highest BCUT2D eigenvalue weighted by Gasteiger charge is 2.20. The van der Waals surface area contributed by atoms with Crippen LogP contribution in [0.4, 0.5) is 0 Å². The normalized spacial score (nSPS) is 15.0. The highest BCUT2D eigenvalue weighted by molar-refractivity contribution is 5.79.